The molecule has 2 N–H and O–H groups in total. The minimum atomic E-state index is -4.31. The molecule has 19 heavy (non-hydrogen) atoms. The normalized spacial score (nSPS) is 18.1. The minimum Gasteiger partial charge on any atom is -0.342 e. The van der Waals surface area contributed by atoms with Gasteiger partial charge in [-0.15, -0.1) is 0 Å². The highest BCUT2D eigenvalue weighted by atomic mass is 19.4. The Kier molecular flexibility index (Phi) is 2.97. The van der Waals surface area contributed by atoms with Gasteiger partial charge in [0.15, 0.2) is 0 Å². The summed E-state index contributed by atoms with van der Waals surface area (Å²) in [5.41, 5.74) is 0.422. The molecule has 102 valence electrons. The zero-order valence-electron chi connectivity index (χ0n) is 10.2. The maximum absolute atomic E-state index is 12.6. The van der Waals surface area contributed by atoms with Gasteiger partial charge in [-0.05, 0) is 44.1 Å². The lowest BCUT2D eigenvalue weighted by atomic mass is 9.98. The predicted molar refractivity (Wildman–Crippen MR) is 65.9 cm³/mol. The van der Waals surface area contributed by atoms with E-state index in [1.54, 1.807) is 0 Å². The van der Waals surface area contributed by atoms with Crippen LogP contribution in [0.5, 0.6) is 0 Å². The molecule has 0 saturated carbocycles. The summed E-state index contributed by atoms with van der Waals surface area (Å²) in [7, 11) is 0. The monoisotopic (exact) mass is 269 g/mol. The largest absolute Gasteiger partial charge is 0.416 e. The molecule has 6 heteroatoms. The maximum Gasteiger partial charge on any atom is 0.416 e. The minimum absolute atomic E-state index is 0.308. The smallest absolute Gasteiger partial charge is 0.342 e. The molecule has 1 aromatic heterocycles. The summed E-state index contributed by atoms with van der Waals surface area (Å²) in [6.45, 7) is 1.85. The van der Waals surface area contributed by atoms with E-state index in [0.717, 1.165) is 43.9 Å². The van der Waals surface area contributed by atoms with Crippen LogP contribution in [0.1, 0.15) is 30.1 Å². The van der Waals surface area contributed by atoms with Crippen molar-refractivity contribution in [3.05, 3.63) is 29.6 Å². The van der Waals surface area contributed by atoms with Gasteiger partial charge in [0, 0.05) is 5.92 Å². The highest BCUT2D eigenvalue weighted by molar-refractivity contribution is 5.76. The van der Waals surface area contributed by atoms with E-state index in [4.69, 9.17) is 0 Å². The Balaban J connectivity index is 1.96. The topological polar surface area (TPSA) is 40.7 Å². The first-order valence-corrected chi connectivity index (χ1v) is 6.31. The van der Waals surface area contributed by atoms with Crippen LogP contribution in [0.2, 0.25) is 0 Å². The summed E-state index contributed by atoms with van der Waals surface area (Å²) in [5.74, 6) is 1.11. The van der Waals surface area contributed by atoms with Crippen LogP contribution in [0.15, 0.2) is 18.2 Å². The van der Waals surface area contributed by atoms with Gasteiger partial charge in [0.1, 0.15) is 5.82 Å². The SMILES string of the molecule is FC(F)(F)c1ccc2nc(C3CCNCC3)[nH]c2c1. The number of fused-ring (bicyclic) bond motifs is 1. The molecule has 0 unspecified atom stereocenters. The van der Waals surface area contributed by atoms with Gasteiger partial charge >= 0.3 is 6.18 Å². The molecule has 0 aliphatic carbocycles. The van der Waals surface area contributed by atoms with Crippen LogP contribution < -0.4 is 5.32 Å². The van der Waals surface area contributed by atoms with Crippen molar-refractivity contribution in [3.63, 3.8) is 0 Å². The zero-order valence-corrected chi connectivity index (χ0v) is 10.2. The molecule has 2 aromatic rings. The van der Waals surface area contributed by atoms with E-state index in [9.17, 15) is 13.2 Å². The van der Waals surface area contributed by atoms with Gasteiger partial charge in [-0.25, -0.2) is 4.98 Å². The number of aromatic amines is 1. The van der Waals surface area contributed by atoms with Crippen LogP contribution in [0.4, 0.5) is 13.2 Å². The number of hydrogen-bond donors (Lipinski definition) is 2. The van der Waals surface area contributed by atoms with Crippen LogP contribution in [-0.2, 0) is 6.18 Å². The van der Waals surface area contributed by atoms with Crippen molar-refractivity contribution in [2.45, 2.75) is 24.9 Å². The van der Waals surface area contributed by atoms with Crippen molar-refractivity contribution in [1.82, 2.24) is 15.3 Å². The summed E-state index contributed by atoms with van der Waals surface area (Å²) >= 11 is 0. The second-order valence-electron chi connectivity index (χ2n) is 4.88. The second kappa shape index (κ2) is 4.52. The number of H-pyrrole nitrogens is 1. The van der Waals surface area contributed by atoms with Crippen LogP contribution in [-0.4, -0.2) is 23.1 Å². The average molecular weight is 269 g/mol. The molecular formula is C13H14F3N3. The van der Waals surface area contributed by atoms with Crippen LogP contribution in [0.3, 0.4) is 0 Å². The molecule has 1 aromatic carbocycles. The number of halogens is 3. The highest BCUT2D eigenvalue weighted by Crippen LogP contribution is 2.32. The number of nitrogens with zero attached hydrogens (tertiary/aromatic N) is 1. The molecule has 0 amide bonds. The van der Waals surface area contributed by atoms with Gasteiger partial charge in [0.25, 0.3) is 0 Å². The molecule has 0 atom stereocenters. The molecule has 0 spiro atoms. The number of piperidine rings is 1. The van der Waals surface area contributed by atoms with Crippen molar-refractivity contribution in [2.75, 3.05) is 13.1 Å². The quantitative estimate of drug-likeness (QED) is 0.835. The Morgan fingerprint density at radius 2 is 1.89 bits per heavy atom. The van der Waals surface area contributed by atoms with E-state index in [1.165, 1.54) is 6.07 Å². The van der Waals surface area contributed by atoms with E-state index < -0.39 is 11.7 Å². The molecule has 3 nitrogen and oxygen atoms in total. The van der Waals surface area contributed by atoms with Crippen molar-refractivity contribution in [3.8, 4) is 0 Å². The Morgan fingerprint density at radius 1 is 1.16 bits per heavy atom. The lowest BCUT2D eigenvalue weighted by molar-refractivity contribution is -0.137. The zero-order chi connectivity index (χ0) is 13.5. The van der Waals surface area contributed by atoms with Crippen LogP contribution >= 0.6 is 0 Å². The van der Waals surface area contributed by atoms with Crippen LogP contribution in [0.25, 0.3) is 11.0 Å². The van der Waals surface area contributed by atoms with Crippen molar-refractivity contribution in [1.29, 1.82) is 0 Å². The van der Waals surface area contributed by atoms with Gasteiger partial charge in [-0.1, -0.05) is 0 Å². The third-order valence-electron chi connectivity index (χ3n) is 3.55. The molecular weight excluding hydrogens is 255 g/mol. The number of imidazole rings is 1. The second-order valence-corrected chi connectivity index (χ2v) is 4.88. The van der Waals surface area contributed by atoms with E-state index in [1.807, 2.05) is 0 Å². The molecule has 1 aliphatic heterocycles. The van der Waals surface area contributed by atoms with E-state index in [-0.39, 0.29) is 0 Å². The Bertz CT molecular complexity index is 582. The Morgan fingerprint density at radius 3 is 2.58 bits per heavy atom. The standard InChI is InChI=1S/C13H14F3N3/c14-13(15,16)9-1-2-10-11(7-9)19-12(18-10)8-3-5-17-6-4-8/h1-2,7-8,17H,3-6H2,(H,18,19). The van der Waals surface area contributed by atoms with E-state index in [2.05, 4.69) is 15.3 Å². The molecule has 3 rings (SSSR count). The fourth-order valence-corrected chi connectivity index (χ4v) is 2.49. The van der Waals surface area contributed by atoms with Gasteiger partial charge in [0.2, 0.25) is 0 Å². The predicted octanol–water partition coefficient (Wildman–Crippen LogP) is 3.05. The average Bonchev–Trinajstić information content (AvgIpc) is 2.81. The Labute approximate surface area is 108 Å². The van der Waals surface area contributed by atoms with Gasteiger partial charge in [0.05, 0.1) is 16.6 Å². The molecule has 1 fully saturated rings. The first kappa shape index (κ1) is 12.5. The first-order chi connectivity index (χ1) is 9.04. The van der Waals surface area contributed by atoms with Gasteiger partial charge in [-0.3, -0.25) is 0 Å². The summed E-state index contributed by atoms with van der Waals surface area (Å²) in [5, 5.41) is 3.26. The highest BCUT2D eigenvalue weighted by Gasteiger charge is 2.31. The summed E-state index contributed by atoms with van der Waals surface area (Å²) < 4.78 is 37.9. The third kappa shape index (κ3) is 2.45. The molecule has 2 heterocycles. The molecule has 0 bridgehead atoms. The van der Waals surface area contributed by atoms with Crippen molar-refractivity contribution < 1.29 is 13.2 Å². The molecule has 0 radical (unpaired) electrons. The fraction of sp³-hybridized carbons (Fsp3) is 0.462. The first-order valence-electron chi connectivity index (χ1n) is 6.31. The number of benzene rings is 1. The third-order valence-corrected chi connectivity index (χ3v) is 3.55. The Hall–Kier alpha value is -1.56. The van der Waals surface area contributed by atoms with Gasteiger partial charge in [-0.2, -0.15) is 13.2 Å². The molecule has 1 aliphatic rings. The van der Waals surface area contributed by atoms with E-state index >= 15 is 0 Å². The number of nitrogens with one attached hydrogen (secondary N) is 2. The van der Waals surface area contributed by atoms with Crippen LogP contribution in [0, 0.1) is 0 Å². The number of hydrogen-bond acceptors (Lipinski definition) is 2. The summed E-state index contributed by atoms with van der Waals surface area (Å²) in [4.78, 5) is 7.45. The summed E-state index contributed by atoms with van der Waals surface area (Å²) in [6.07, 6.45) is -2.38. The van der Waals surface area contributed by atoms with E-state index in [0.29, 0.717) is 17.0 Å². The van der Waals surface area contributed by atoms with Crippen molar-refractivity contribution in [2.24, 2.45) is 0 Å². The van der Waals surface area contributed by atoms with Crippen molar-refractivity contribution >= 4 is 11.0 Å². The number of rotatable bonds is 1. The fourth-order valence-electron chi connectivity index (χ4n) is 2.49. The lowest BCUT2D eigenvalue weighted by Gasteiger charge is -2.20. The lowest BCUT2D eigenvalue weighted by Crippen LogP contribution is -2.27. The maximum atomic E-state index is 12.6. The molecule has 1 saturated heterocycles. The number of aromatic nitrogens is 2. The van der Waals surface area contributed by atoms with Gasteiger partial charge < -0.3 is 10.3 Å². The summed E-state index contributed by atoms with van der Waals surface area (Å²) in [6, 6.07) is 3.64. The number of alkyl halides is 3.